The number of aryl methyl sites for hydroxylation is 1. The Morgan fingerprint density at radius 1 is 1.41 bits per heavy atom. The number of nitrogens with zero attached hydrogens (tertiary/aromatic N) is 1. The highest BCUT2D eigenvalue weighted by atomic mass is 79.9. The van der Waals surface area contributed by atoms with Crippen LogP contribution in [0.4, 0.5) is 5.69 Å². The number of hydrogen-bond donors (Lipinski definition) is 1. The highest BCUT2D eigenvalue weighted by Crippen LogP contribution is 2.34. The molecular weight excluding hydrogens is 304 g/mol. The van der Waals surface area contributed by atoms with Gasteiger partial charge in [0, 0.05) is 16.7 Å². The van der Waals surface area contributed by atoms with Crippen molar-refractivity contribution in [3.8, 4) is 11.6 Å². The number of rotatable bonds is 2. The molecule has 2 N–H and O–H groups in total. The summed E-state index contributed by atoms with van der Waals surface area (Å²) < 4.78 is 6.51. The minimum absolute atomic E-state index is 0.434. The van der Waals surface area contributed by atoms with Gasteiger partial charge in [-0.1, -0.05) is 17.7 Å². The maximum atomic E-state index is 6.01. The molecule has 1 aromatic carbocycles. The van der Waals surface area contributed by atoms with Crippen LogP contribution in [-0.2, 0) is 0 Å². The monoisotopic (exact) mass is 312 g/mol. The van der Waals surface area contributed by atoms with Crippen molar-refractivity contribution in [2.24, 2.45) is 0 Å². The second-order valence-corrected chi connectivity index (χ2v) is 4.79. The van der Waals surface area contributed by atoms with Crippen LogP contribution in [0.25, 0.3) is 0 Å². The van der Waals surface area contributed by atoms with Gasteiger partial charge in [0.05, 0.1) is 10.7 Å². The van der Waals surface area contributed by atoms with Gasteiger partial charge in [0.2, 0.25) is 5.88 Å². The van der Waals surface area contributed by atoms with Gasteiger partial charge >= 0.3 is 0 Å². The average molecular weight is 314 g/mol. The number of para-hydroxylation sites is 1. The van der Waals surface area contributed by atoms with Crippen molar-refractivity contribution in [1.29, 1.82) is 0 Å². The average Bonchev–Trinajstić information content (AvgIpc) is 2.28. The topological polar surface area (TPSA) is 48.1 Å². The molecule has 1 heterocycles. The van der Waals surface area contributed by atoms with Gasteiger partial charge in [-0.05, 0) is 40.5 Å². The van der Waals surface area contributed by atoms with E-state index < -0.39 is 0 Å². The third kappa shape index (κ3) is 2.70. The maximum Gasteiger partial charge on any atom is 0.219 e. The molecule has 0 radical (unpaired) electrons. The SMILES string of the molecule is Cc1cc(Oc2c(N)cccc2Cl)ncc1Br. The highest BCUT2D eigenvalue weighted by molar-refractivity contribution is 9.10. The maximum absolute atomic E-state index is 6.01. The van der Waals surface area contributed by atoms with E-state index in [1.807, 2.05) is 13.0 Å². The predicted molar refractivity (Wildman–Crippen MR) is 72.6 cm³/mol. The Morgan fingerprint density at radius 2 is 2.18 bits per heavy atom. The van der Waals surface area contributed by atoms with E-state index in [-0.39, 0.29) is 0 Å². The third-order valence-electron chi connectivity index (χ3n) is 2.23. The molecule has 2 aromatic rings. The number of halogens is 2. The largest absolute Gasteiger partial charge is 0.435 e. The van der Waals surface area contributed by atoms with Crippen molar-refractivity contribution in [1.82, 2.24) is 4.98 Å². The van der Waals surface area contributed by atoms with E-state index in [9.17, 15) is 0 Å². The van der Waals surface area contributed by atoms with Gasteiger partial charge in [-0.2, -0.15) is 0 Å². The third-order valence-corrected chi connectivity index (χ3v) is 3.35. The second kappa shape index (κ2) is 4.94. The van der Waals surface area contributed by atoms with Crippen LogP contribution in [-0.4, -0.2) is 4.98 Å². The molecule has 0 aliphatic carbocycles. The van der Waals surface area contributed by atoms with Gasteiger partial charge in [0.1, 0.15) is 0 Å². The van der Waals surface area contributed by atoms with Crippen LogP contribution in [0, 0.1) is 6.92 Å². The Balaban J connectivity index is 2.35. The lowest BCUT2D eigenvalue weighted by atomic mass is 10.3. The van der Waals surface area contributed by atoms with Gasteiger partial charge in [0.25, 0.3) is 0 Å². The fourth-order valence-electron chi connectivity index (χ4n) is 1.31. The van der Waals surface area contributed by atoms with Crippen molar-refractivity contribution in [2.45, 2.75) is 6.92 Å². The summed E-state index contributed by atoms with van der Waals surface area (Å²) in [7, 11) is 0. The van der Waals surface area contributed by atoms with Crippen LogP contribution < -0.4 is 10.5 Å². The lowest BCUT2D eigenvalue weighted by Gasteiger charge is -2.09. The van der Waals surface area contributed by atoms with E-state index in [1.165, 1.54) is 0 Å². The van der Waals surface area contributed by atoms with Gasteiger partial charge in [0.15, 0.2) is 5.75 Å². The predicted octanol–water partition coefficient (Wildman–Crippen LogP) is 4.18. The number of hydrogen-bond acceptors (Lipinski definition) is 3. The summed E-state index contributed by atoms with van der Waals surface area (Å²) in [6.45, 7) is 1.95. The van der Waals surface area contributed by atoms with Crippen molar-refractivity contribution in [3.05, 3.63) is 45.5 Å². The molecule has 88 valence electrons. The lowest BCUT2D eigenvalue weighted by Crippen LogP contribution is -1.94. The first-order chi connectivity index (χ1) is 8.08. The smallest absolute Gasteiger partial charge is 0.219 e. The minimum atomic E-state index is 0.434. The molecule has 0 aliphatic heterocycles. The Hall–Kier alpha value is -1.26. The fraction of sp³-hybridized carbons (Fsp3) is 0.0833. The lowest BCUT2D eigenvalue weighted by molar-refractivity contribution is 0.464. The molecule has 5 heteroatoms. The number of nitrogens with two attached hydrogens (primary N) is 1. The molecule has 0 bridgehead atoms. The zero-order valence-corrected chi connectivity index (χ0v) is 11.4. The Morgan fingerprint density at radius 3 is 2.82 bits per heavy atom. The Labute approximate surface area is 113 Å². The number of anilines is 1. The molecule has 1 aromatic heterocycles. The molecule has 0 aliphatic rings. The second-order valence-electron chi connectivity index (χ2n) is 3.53. The van der Waals surface area contributed by atoms with Crippen molar-refractivity contribution >= 4 is 33.2 Å². The van der Waals surface area contributed by atoms with Crippen LogP contribution in [0.5, 0.6) is 11.6 Å². The number of aromatic nitrogens is 1. The molecule has 0 saturated carbocycles. The van der Waals surface area contributed by atoms with Crippen molar-refractivity contribution in [3.63, 3.8) is 0 Å². The highest BCUT2D eigenvalue weighted by Gasteiger charge is 2.08. The summed E-state index contributed by atoms with van der Waals surface area (Å²) in [4.78, 5) is 4.13. The molecule has 0 saturated heterocycles. The minimum Gasteiger partial charge on any atom is -0.435 e. The van der Waals surface area contributed by atoms with Gasteiger partial charge in [-0.3, -0.25) is 0 Å². The molecule has 17 heavy (non-hydrogen) atoms. The van der Waals surface area contributed by atoms with Crippen LogP contribution in [0.2, 0.25) is 5.02 Å². The quantitative estimate of drug-likeness (QED) is 0.846. The number of benzene rings is 1. The molecule has 0 amide bonds. The summed E-state index contributed by atoms with van der Waals surface area (Å²) in [5.41, 5.74) is 7.31. The van der Waals surface area contributed by atoms with Crippen LogP contribution in [0.1, 0.15) is 5.56 Å². The van der Waals surface area contributed by atoms with E-state index in [1.54, 1.807) is 24.4 Å². The summed E-state index contributed by atoms with van der Waals surface area (Å²) >= 11 is 9.38. The molecule has 0 unspecified atom stereocenters. The van der Waals surface area contributed by atoms with E-state index in [2.05, 4.69) is 20.9 Å². The van der Waals surface area contributed by atoms with Crippen molar-refractivity contribution in [2.75, 3.05) is 5.73 Å². The first-order valence-electron chi connectivity index (χ1n) is 4.92. The summed E-state index contributed by atoms with van der Waals surface area (Å²) in [5.74, 6) is 0.897. The molecule has 2 rings (SSSR count). The van der Waals surface area contributed by atoms with Gasteiger partial charge < -0.3 is 10.5 Å². The van der Waals surface area contributed by atoms with Gasteiger partial charge in [-0.15, -0.1) is 0 Å². The van der Waals surface area contributed by atoms with Crippen LogP contribution >= 0.6 is 27.5 Å². The Kier molecular flexibility index (Phi) is 3.54. The normalized spacial score (nSPS) is 10.3. The van der Waals surface area contributed by atoms with E-state index in [0.29, 0.717) is 22.3 Å². The first kappa shape index (κ1) is 12.2. The van der Waals surface area contributed by atoms with E-state index >= 15 is 0 Å². The van der Waals surface area contributed by atoms with Gasteiger partial charge in [-0.25, -0.2) is 4.98 Å². The standard InChI is InChI=1S/C12H10BrClN2O/c1-7-5-11(16-6-8(7)13)17-12-9(14)3-2-4-10(12)15/h2-6H,15H2,1H3. The van der Waals surface area contributed by atoms with E-state index in [4.69, 9.17) is 22.1 Å². The Bertz CT molecular complexity index is 540. The van der Waals surface area contributed by atoms with Crippen LogP contribution in [0.15, 0.2) is 34.9 Å². The zero-order valence-electron chi connectivity index (χ0n) is 9.08. The van der Waals surface area contributed by atoms with Crippen LogP contribution in [0.3, 0.4) is 0 Å². The molecular formula is C12H10BrClN2O. The molecule has 0 atom stereocenters. The molecule has 0 spiro atoms. The summed E-state index contributed by atoms with van der Waals surface area (Å²) in [6, 6.07) is 7.03. The summed E-state index contributed by atoms with van der Waals surface area (Å²) in [6.07, 6.45) is 1.68. The number of pyridine rings is 1. The summed E-state index contributed by atoms with van der Waals surface area (Å²) in [5, 5.41) is 0.465. The zero-order chi connectivity index (χ0) is 12.4. The van der Waals surface area contributed by atoms with E-state index in [0.717, 1.165) is 10.0 Å². The molecule has 0 fully saturated rings. The number of nitrogen functional groups attached to an aromatic ring is 1. The van der Waals surface area contributed by atoms with Crippen molar-refractivity contribution < 1.29 is 4.74 Å². The fourth-order valence-corrected chi connectivity index (χ4v) is 1.74. The first-order valence-corrected chi connectivity index (χ1v) is 6.09. The number of ether oxygens (including phenoxy) is 1. The molecule has 3 nitrogen and oxygen atoms in total.